The van der Waals surface area contributed by atoms with Gasteiger partial charge in [0.2, 0.25) is 0 Å². The summed E-state index contributed by atoms with van der Waals surface area (Å²) in [7, 11) is 1.60. The number of carbonyl (C=O) groups is 1. The Morgan fingerprint density at radius 1 is 1.47 bits per heavy atom. The van der Waals surface area contributed by atoms with Crippen LogP contribution in [0.15, 0.2) is 24.3 Å². The molecule has 2 rings (SSSR count). The van der Waals surface area contributed by atoms with Gasteiger partial charge in [-0.25, -0.2) is 0 Å². The molecule has 1 N–H and O–H groups in total. The molecule has 3 nitrogen and oxygen atoms in total. The molecule has 1 unspecified atom stereocenters. The molecule has 0 amide bonds. The van der Waals surface area contributed by atoms with E-state index in [0.29, 0.717) is 23.7 Å². The number of methoxy groups -OCH3 is 1. The minimum Gasteiger partial charge on any atom is -0.496 e. The van der Waals surface area contributed by atoms with Crippen molar-refractivity contribution in [1.29, 1.82) is 0 Å². The number of ether oxygens (including phenoxy) is 1. The van der Waals surface area contributed by atoms with Gasteiger partial charge in [0.25, 0.3) is 0 Å². The molecular formula is C14H19NO2. The maximum Gasteiger partial charge on any atom is 0.166 e. The van der Waals surface area contributed by atoms with Gasteiger partial charge in [0.15, 0.2) is 5.78 Å². The van der Waals surface area contributed by atoms with Crippen molar-refractivity contribution in [3.63, 3.8) is 0 Å². The highest BCUT2D eigenvalue weighted by Crippen LogP contribution is 2.22. The van der Waals surface area contributed by atoms with Gasteiger partial charge in [-0.3, -0.25) is 4.79 Å². The Hall–Kier alpha value is -1.35. The number of hydrogen-bond donors (Lipinski definition) is 1. The molecule has 0 bridgehead atoms. The summed E-state index contributed by atoms with van der Waals surface area (Å²) in [5, 5.41) is 3.32. The molecule has 1 saturated heterocycles. The van der Waals surface area contributed by atoms with Crippen LogP contribution in [0.4, 0.5) is 0 Å². The Bertz CT molecular complexity index is 384. The van der Waals surface area contributed by atoms with Crippen molar-refractivity contribution in [3.05, 3.63) is 29.8 Å². The van der Waals surface area contributed by atoms with Gasteiger partial charge < -0.3 is 10.1 Å². The average molecular weight is 233 g/mol. The predicted molar refractivity (Wildman–Crippen MR) is 67.5 cm³/mol. The van der Waals surface area contributed by atoms with Crippen molar-refractivity contribution < 1.29 is 9.53 Å². The van der Waals surface area contributed by atoms with Crippen LogP contribution in [-0.4, -0.2) is 26.0 Å². The van der Waals surface area contributed by atoms with E-state index in [2.05, 4.69) is 5.32 Å². The van der Waals surface area contributed by atoms with Crippen molar-refractivity contribution in [3.8, 4) is 5.75 Å². The Kier molecular flexibility index (Phi) is 4.15. The standard InChI is InChI=1S/C14H19NO2/c1-17-14-5-3-2-4-12(14)13(16)7-6-11-8-9-15-10-11/h2-5,11,15H,6-10H2,1H3. The first-order chi connectivity index (χ1) is 8.31. The van der Waals surface area contributed by atoms with E-state index in [-0.39, 0.29) is 5.78 Å². The third-order valence-corrected chi connectivity index (χ3v) is 3.35. The van der Waals surface area contributed by atoms with Crippen LogP contribution < -0.4 is 10.1 Å². The van der Waals surface area contributed by atoms with E-state index in [9.17, 15) is 4.79 Å². The molecule has 1 atom stereocenters. The van der Waals surface area contributed by atoms with Gasteiger partial charge in [0.05, 0.1) is 12.7 Å². The number of nitrogens with one attached hydrogen (secondary N) is 1. The monoisotopic (exact) mass is 233 g/mol. The highest BCUT2D eigenvalue weighted by molar-refractivity contribution is 5.98. The second-order valence-corrected chi connectivity index (χ2v) is 4.52. The first kappa shape index (κ1) is 12.1. The molecule has 1 aliphatic heterocycles. The van der Waals surface area contributed by atoms with Crippen molar-refractivity contribution in [1.82, 2.24) is 5.32 Å². The second kappa shape index (κ2) is 5.82. The zero-order chi connectivity index (χ0) is 12.1. The number of hydrogen-bond acceptors (Lipinski definition) is 3. The number of ketones is 1. The lowest BCUT2D eigenvalue weighted by Gasteiger charge is -2.09. The third kappa shape index (κ3) is 3.07. The number of rotatable bonds is 5. The zero-order valence-electron chi connectivity index (χ0n) is 10.2. The quantitative estimate of drug-likeness (QED) is 0.793. The van der Waals surface area contributed by atoms with Crippen LogP contribution in [-0.2, 0) is 0 Å². The van der Waals surface area contributed by atoms with Gasteiger partial charge >= 0.3 is 0 Å². The minimum atomic E-state index is 0.189. The van der Waals surface area contributed by atoms with E-state index in [4.69, 9.17) is 4.74 Å². The number of Topliss-reactive ketones (excluding diaryl/α,β-unsaturated/α-hetero) is 1. The number of benzene rings is 1. The van der Waals surface area contributed by atoms with Crippen molar-refractivity contribution >= 4 is 5.78 Å². The van der Waals surface area contributed by atoms with E-state index < -0.39 is 0 Å². The van der Waals surface area contributed by atoms with E-state index in [1.165, 1.54) is 6.42 Å². The lowest BCUT2D eigenvalue weighted by molar-refractivity contribution is 0.0971. The van der Waals surface area contributed by atoms with Gasteiger partial charge in [-0.05, 0) is 44.0 Å². The third-order valence-electron chi connectivity index (χ3n) is 3.35. The molecule has 1 heterocycles. The maximum absolute atomic E-state index is 12.1. The first-order valence-electron chi connectivity index (χ1n) is 6.18. The summed E-state index contributed by atoms with van der Waals surface area (Å²) in [5.74, 6) is 1.53. The molecule has 0 aliphatic carbocycles. The molecule has 0 spiro atoms. The zero-order valence-corrected chi connectivity index (χ0v) is 10.2. The molecule has 0 saturated carbocycles. The van der Waals surface area contributed by atoms with Crippen LogP contribution in [0.2, 0.25) is 0 Å². The molecular weight excluding hydrogens is 214 g/mol. The maximum atomic E-state index is 12.1. The summed E-state index contributed by atoms with van der Waals surface area (Å²) in [6.45, 7) is 2.15. The topological polar surface area (TPSA) is 38.3 Å². The molecule has 3 heteroatoms. The summed E-state index contributed by atoms with van der Waals surface area (Å²) >= 11 is 0. The van der Waals surface area contributed by atoms with Crippen LogP contribution in [0.5, 0.6) is 5.75 Å². The van der Waals surface area contributed by atoms with E-state index in [1.54, 1.807) is 7.11 Å². The fraction of sp³-hybridized carbons (Fsp3) is 0.500. The molecule has 1 aliphatic rings. The Balaban J connectivity index is 1.94. The van der Waals surface area contributed by atoms with Gasteiger partial charge in [0.1, 0.15) is 5.75 Å². The van der Waals surface area contributed by atoms with Crippen LogP contribution in [0.1, 0.15) is 29.6 Å². The van der Waals surface area contributed by atoms with E-state index in [0.717, 1.165) is 19.5 Å². The number of para-hydroxylation sites is 1. The van der Waals surface area contributed by atoms with Crippen molar-refractivity contribution in [2.75, 3.05) is 20.2 Å². The highest BCUT2D eigenvalue weighted by atomic mass is 16.5. The lowest BCUT2D eigenvalue weighted by Crippen LogP contribution is -2.10. The Morgan fingerprint density at radius 3 is 3.00 bits per heavy atom. The summed E-state index contributed by atoms with van der Waals surface area (Å²) in [6, 6.07) is 7.45. The number of carbonyl (C=O) groups excluding carboxylic acids is 1. The van der Waals surface area contributed by atoms with Gasteiger partial charge in [-0.1, -0.05) is 12.1 Å². The predicted octanol–water partition coefficient (Wildman–Crippen LogP) is 2.27. The van der Waals surface area contributed by atoms with Crippen LogP contribution in [0, 0.1) is 5.92 Å². The SMILES string of the molecule is COc1ccccc1C(=O)CCC1CCNC1. The molecule has 17 heavy (non-hydrogen) atoms. The fourth-order valence-corrected chi connectivity index (χ4v) is 2.31. The summed E-state index contributed by atoms with van der Waals surface area (Å²) in [6.07, 6.45) is 2.79. The first-order valence-corrected chi connectivity index (χ1v) is 6.18. The van der Waals surface area contributed by atoms with Crippen LogP contribution in [0.25, 0.3) is 0 Å². The summed E-state index contributed by atoms with van der Waals surface area (Å²) < 4.78 is 5.21. The van der Waals surface area contributed by atoms with Gasteiger partial charge in [0, 0.05) is 6.42 Å². The lowest BCUT2D eigenvalue weighted by atomic mass is 9.98. The van der Waals surface area contributed by atoms with Gasteiger partial charge in [-0.15, -0.1) is 0 Å². The normalized spacial score (nSPS) is 19.2. The molecule has 92 valence electrons. The largest absolute Gasteiger partial charge is 0.496 e. The van der Waals surface area contributed by atoms with Crippen molar-refractivity contribution in [2.24, 2.45) is 5.92 Å². The molecule has 1 aromatic rings. The van der Waals surface area contributed by atoms with Gasteiger partial charge in [-0.2, -0.15) is 0 Å². The smallest absolute Gasteiger partial charge is 0.166 e. The molecule has 0 radical (unpaired) electrons. The molecule has 1 aromatic carbocycles. The summed E-state index contributed by atoms with van der Waals surface area (Å²) in [4.78, 5) is 12.1. The van der Waals surface area contributed by atoms with E-state index in [1.807, 2.05) is 24.3 Å². The van der Waals surface area contributed by atoms with Crippen molar-refractivity contribution in [2.45, 2.75) is 19.3 Å². The Morgan fingerprint density at radius 2 is 2.29 bits per heavy atom. The van der Waals surface area contributed by atoms with Crippen LogP contribution >= 0.6 is 0 Å². The minimum absolute atomic E-state index is 0.189. The molecule has 1 fully saturated rings. The summed E-state index contributed by atoms with van der Waals surface area (Å²) in [5.41, 5.74) is 0.709. The second-order valence-electron chi connectivity index (χ2n) is 4.52. The fourth-order valence-electron chi connectivity index (χ4n) is 2.31. The van der Waals surface area contributed by atoms with Crippen LogP contribution in [0.3, 0.4) is 0 Å². The average Bonchev–Trinajstić information content (AvgIpc) is 2.89. The highest BCUT2D eigenvalue weighted by Gasteiger charge is 2.17. The molecule has 0 aromatic heterocycles. The van der Waals surface area contributed by atoms with E-state index >= 15 is 0 Å². The Labute approximate surface area is 102 Å².